The van der Waals surface area contributed by atoms with Crippen LogP contribution in [-0.2, 0) is 9.53 Å². The lowest BCUT2D eigenvalue weighted by molar-refractivity contribution is -0.279. The molecule has 7 nitrogen and oxygen atoms in total. The molecule has 0 aromatic rings. The van der Waals surface area contributed by atoms with Gasteiger partial charge in [0.1, 0.15) is 18.3 Å². The third-order valence-corrected chi connectivity index (χ3v) is 1.83. The van der Waals surface area contributed by atoms with E-state index in [1.54, 1.807) is 0 Å². The Bertz CT molecular complexity index is 205. The molecule has 76 valence electrons. The fourth-order valence-corrected chi connectivity index (χ4v) is 1.07. The smallest absolute Gasteiger partial charge is 0.335 e. The van der Waals surface area contributed by atoms with E-state index in [1.165, 1.54) is 0 Å². The molecular formula is C6H10O7. The van der Waals surface area contributed by atoms with E-state index in [1.807, 2.05) is 0 Å². The van der Waals surface area contributed by atoms with Gasteiger partial charge in [-0.2, -0.15) is 0 Å². The highest BCUT2D eigenvalue weighted by Gasteiger charge is 2.46. The van der Waals surface area contributed by atoms with E-state index in [2.05, 4.69) is 4.74 Å². The van der Waals surface area contributed by atoms with Crippen LogP contribution in [0.5, 0.6) is 0 Å². The first-order chi connectivity index (χ1) is 5.95. The fraction of sp³-hybridized carbons (Fsp3) is 0.833. The molecule has 1 unspecified atom stereocenters. The van der Waals surface area contributed by atoms with Crippen molar-refractivity contribution < 1.29 is 35.1 Å². The molecule has 1 rings (SSSR count). The molecule has 5 atom stereocenters. The fourth-order valence-electron chi connectivity index (χ4n) is 1.07. The van der Waals surface area contributed by atoms with Crippen molar-refractivity contribution in [2.45, 2.75) is 30.7 Å². The average molecular weight is 194 g/mol. The summed E-state index contributed by atoms with van der Waals surface area (Å²) in [5.41, 5.74) is 0. The number of aliphatic hydroxyl groups is 4. The normalized spacial score (nSPS) is 46.0. The van der Waals surface area contributed by atoms with E-state index in [9.17, 15) is 4.79 Å². The highest BCUT2D eigenvalue weighted by molar-refractivity contribution is 5.73. The van der Waals surface area contributed by atoms with E-state index in [0.29, 0.717) is 0 Å². The minimum Gasteiger partial charge on any atom is -0.479 e. The Labute approximate surface area is 72.8 Å². The molecule has 0 aromatic carbocycles. The average Bonchev–Trinajstić information content (AvgIpc) is 2.07. The Morgan fingerprint density at radius 2 is 1.54 bits per heavy atom. The molecular weight excluding hydrogens is 184 g/mol. The molecule has 5 N–H and O–H groups in total. The molecule has 0 saturated carbocycles. The van der Waals surface area contributed by atoms with Gasteiger partial charge in [-0.25, -0.2) is 4.79 Å². The third kappa shape index (κ3) is 1.79. The van der Waals surface area contributed by atoms with Crippen molar-refractivity contribution in [3.63, 3.8) is 0 Å². The maximum absolute atomic E-state index is 10.4. The van der Waals surface area contributed by atoms with Crippen molar-refractivity contribution in [1.29, 1.82) is 0 Å². The molecule has 0 aromatic heterocycles. The van der Waals surface area contributed by atoms with Crippen molar-refractivity contribution in [1.82, 2.24) is 0 Å². The van der Waals surface area contributed by atoms with Gasteiger partial charge < -0.3 is 30.3 Å². The van der Waals surface area contributed by atoms with Gasteiger partial charge in [-0.3, -0.25) is 0 Å². The molecule has 7 heteroatoms. The molecule has 1 aliphatic rings. The summed E-state index contributed by atoms with van der Waals surface area (Å²) in [6, 6.07) is 0. The van der Waals surface area contributed by atoms with Crippen LogP contribution in [0.3, 0.4) is 0 Å². The summed E-state index contributed by atoms with van der Waals surface area (Å²) in [6.45, 7) is 0. The molecule has 0 radical (unpaired) electrons. The van der Waals surface area contributed by atoms with E-state index < -0.39 is 36.7 Å². The van der Waals surface area contributed by atoms with E-state index >= 15 is 0 Å². The Hall–Kier alpha value is -0.730. The summed E-state index contributed by atoms with van der Waals surface area (Å²) >= 11 is 0. The predicted octanol–water partition coefficient (Wildman–Crippen LogP) is -3.13. The summed E-state index contributed by atoms with van der Waals surface area (Å²) in [5, 5.41) is 44.4. The number of ether oxygens (including phenoxy) is 1. The number of hydrogen-bond donors (Lipinski definition) is 5. The number of carboxylic acid groups (broad SMARTS) is 1. The Balaban J connectivity index is 2.76. The van der Waals surface area contributed by atoms with Crippen molar-refractivity contribution >= 4 is 5.97 Å². The van der Waals surface area contributed by atoms with E-state index in [-0.39, 0.29) is 0 Å². The maximum Gasteiger partial charge on any atom is 0.335 e. The lowest BCUT2D eigenvalue weighted by Crippen LogP contribution is -2.59. The SMILES string of the molecule is O=C(O)[C@@H]1O[C@@H](O)C(O)[C@@H](O)[C@@H]1O. The maximum atomic E-state index is 10.4. The molecule has 0 spiro atoms. The van der Waals surface area contributed by atoms with Gasteiger partial charge in [-0.1, -0.05) is 0 Å². The van der Waals surface area contributed by atoms with Gasteiger partial charge in [0.25, 0.3) is 0 Å². The molecule has 0 bridgehead atoms. The number of hydrogen-bond acceptors (Lipinski definition) is 6. The lowest BCUT2D eigenvalue weighted by Gasteiger charge is -2.36. The van der Waals surface area contributed by atoms with E-state index in [0.717, 1.165) is 0 Å². The molecule has 1 fully saturated rings. The van der Waals surface area contributed by atoms with Crippen LogP contribution in [0.25, 0.3) is 0 Å². The molecule has 1 saturated heterocycles. The van der Waals surface area contributed by atoms with Crippen LogP contribution in [-0.4, -0.2) is 62.2 Å². The number of rotatable bonds is 1. The van der Waals surface area contributed by atoms with Crippen LogP contribution in [0.4, 0.5) is 0 Å². The Morgan fingerprint density at radius 3 is 2.00 bits per heavy atom. The largest absolute Gasteiger partial charge is 0.479 e. The predicted molar refractivity (Wildman–Crippen MR) is 36.5 cm³/mol. The molecule has 13 heavy (non-hydrogen) atoms. The molecule has 0 aliphatic carbocycles. The first-order valence-electron chi connectivity index (χ1n) is 3.55. The van der Waals surface area contributed by atoms with Crippen molar-refractivity contribution in [2.24, 2.45) is 0 Å². The number of aliphatic hydroxyl groups excluding tert-OH is 4. The van der Waals surface area contributed by atoms with Crippen LogP contribution in [0.2, 0.25) is 0 Å². The van der Waals surface area contributed by atoms with Crippen LogP contribution in [0.15, 0.2) is 0 Å². The second-order valence-corrected chi connectivity index (χ2v) is 2.76. The monoisotopic (exact) mass is 194 g/mol. The Kier molecular flexibility index (Phi) is 2.84. The Morgan fingerprint density at radius 1 is 1.00 bits per heavy atom. The number of carbonyl (C=O) groups is 1. The van der Waals surface area contributed by atoms with Gasteiger partial charge in [0.05, 0.1) is 0 Å². The molecule has 1 aliphatic heterocycles. The van der Waals surface area contributed by atoms with Crippen molar-refractivity contribution in [2.75, 3.05) is 0 Å². The van der Waals surface area contributed by atoms with Gasteiger partial charge in [0.2, 0.25) is 0 Å². The van der Waals surface area contributed by atoms with Gasteiger partial charge in [0.15, 0.2) is 12.4 Å². The zero-order valence-electron chi connectivity index (χ0n) is 6.44. The quantitative estimate of drug-likeness (QED) is 0.298. The lowest BCUT2D eigenvalue weighted by atomic mass is 9.99. The second kappa shape index (κ2) is 3.56. The van der Waals surface area contributed by atoms with Gasteiger partial charge >= 0.3 is 5.97 Å². The van der Waals surface area contributed by atoms with Crippen molar-refractivity contribution in [3.8, 4) is 0 Å². The second-order valence-electron chi connectivity index (χ2n) is 2.76. The van der Waals surface area contributed by atoms with Gasteiger partial charge in [0, 0.05) is 0 Å². The summed E-state index contributed by atoms with van der Waals surface area (Å²) in [5.74, 6) is -1.52. The molecule has 0 amide bonds. The van der Waals surface area contributed by atoms with Crippen LogP contribution in [0, 0.1) is 0 Å². The van der Waals surface area contributed by atoms with E-state index in [4.69, 9.17) is 25.5 Å². The number of carboxylic acids is 1. The first kappa shape index (κ1) is 10.4. The van der Waals surface area contributed by atoms with Gasteiger partial charge in [-0.15, -0.1) is 0 Å². The highest BCUT2D eigenvalue weighted by atomic mass is 16.6. The van der Waals surface area contributed by atoms with Crippen LogP contribution >= 0.6 is 0 Å². The zero-order chi connectivity index (χ0) is 10.2. The summed E-state index contributed by atoms with van der Waals surface area (Å²) in [4.78, 5) is 10.4. The summed E-state index contributed by atoms with van der Waals surface area (Å²) < 4.78 is 4.34. The van der Waals surface area contributed by atoms with Crippen LogP contribution < -0.4 is 0 Å². The minimum atomic E-state index is -1.81. The zero-order valence-corrected chi connectivity index (χ0v) is 6.44. The van der Waals surface area contributed by atoms with Gasteiger partial charge in [-0.05, 0) is 0 Å². The van der Waals surface area contributed by atoms with Crippen molar-refractivity contribution in [3.05, 3.63) is 0 Å². The number of aliphatic carboxylic acids is 1. The topological polar surface area (TPSA) is 127 Å². The minimum absolute atomic E-state index is 1.52. The van der Waals surface area contributed by atoms with Crippen LogP contribution in [0.1, 0.15) is 0 Å². The highest BCUT2D eigenvalue weighted by Crippen LogP contribution is 2.19. The standard InChI is InChI=1S/C6H10O7/c7-1-2(8)4(5(10)11)13-6(12)3(1)9/h1-4,6-9,12H,(H,10,11)/t1-,2-,3?,4+,6+/m0/s1. The molecule has 1 heterocycles. The third-order valence-electron chi connectivity index (χ3n) is 1.83. The first-order valence-corrected chi connectivity index (χ1v) is 3.55. The summed E-state index contributed by atoms with van der Waals surface area (Å²) in [7, 11) is 0. The summed E-state index contributed by atoms with van der Waals surface area (Å²) in [6.07, 6.45) is -8.72.